The van der Waals surface area contributed by atoms with Crippen LogP contribution in [0.5, 0.6) is 5.75 Å². The summed E-state index contributed by atoms with van der Waals surface area (Å²) in [5.74, 6) is 0.319. The van der Waals surface area contributed by atoms with Crippen molar-refractivity contribution in [3.05, 3.63) is 40.8 Å². The molecule has 1 aromatic heterocycles. The zero-order chi connectivity index (χ0) is 14.7. The van der Waals surface area contributed by atoms with Gasteiger partial charge in [0.1, 0.15) is 11.5 Å². The highest BCUT2D eigenvalue weighted by atomic mass is 16.5. The summed E-state index contributed by atoms with van der Waals surface area (Å²) < 4.78 is 10.2. The van der Waals surface area contributed by atoms with Gasteiger partial charge in [-0.2, -0.15) is 0 Å². The molecule has 2 rings (SSSR count). The van der Waals surface area contributed by atoms with E-state index in [9.17, 15) is 9.90 Å². The SMILES string of the molecule is COc1ccc(C(=O)O)c(NCc2c(C)noc2C)c1. The molecule has 0 fully saturated rings. The number of carboxylic acid groups (broad SMARTS) is 1. The number of aryl methyl sites for hydroxylation is 2. The lowest BCUT2D eigenvalue weighted by Crippen LogP contribution is -2.07. The van der Waals surface area contributed by atoms with Crippen LogP contribution in [0.3, 0.4) is 0 Å². The lowest BCUT2D eigenvalue weighted by molar-refractivity contribution is 0.0698. The molecule has 0 amide bonds. The van der Waals surface area contributed by atoms with Crippen molar-refractivity contribution in [3.63, 3.8) is 0 Å². The molecule has 0 aliphatic carbocycles. The number of benzene rings is 1. The summed E-state index contributed by atoms with van der Waals surface area (Å²) in [4.78, 5) is 11.2. The molecule has 0 spiro atoms. The molecule has 0 radical (unpaired) electrons. The second kappa shape index (κ2) is 5.64. The predicted octanol–water partition coefficient (Wildman–Crippen LogP) is 2.61. The van der Waals surface area contributed by atoms with Crippen molar-refractivity contribution in [1.82, 2.24) is 5.16 Å². The van der Waals surface area contributed by atoms with Crippen LogP contribution >= 0.6 is 0 Å². The zero-order valence-corrected chi connectivity index (χ0v) is 11.6. The quantitative estimate of drug-likeness (QED) is 0.873. The molecule has 1 aromatic carbocycles. The van der Waals surface area contributed by atoms with Crippen molar-refractivity contribution >= 4 is 11.7 Å². The number of methoxy groups -OCH3 is 1. The Bertz CT molecular complexity index is 615. The van der Waals surface area contributed by atoms with Crippen molar-refractivity contribution in [2.75, 3.05) is 12.4 Å². The van der Waals surface area contributed by atoms with Gasteiger partial charge in [-0.15, -0.1) is 0 Å². The largest absolute Gasteiger partial charge is 0.497 e. The molecule has 0 unspecified atom stereocenters. The first-order valence-electron chi connectivity index (χ1n) is 6.10. The number of rotatable bonds is 5. The molecule has 2 N–H and O–H groups in total. The molecule has 2 aromatic rings. The van der Waals surface area contributed by atoms with Crippen molar-refractivity contribution < 1.29 is 19.2 Å². The number of aromatic carboxylic acids is 1. The zero-order valence-electron chi connectivity index (χ0n) is 11.6. The highest BCUT2D eigenvalue weighted by Gasteiger charge is 2.13. The number of hydrogen-bond acceptors (Lipinski definition) is 5. The first-order chi connectivity index (χ1) is 9.52. The van der Waals surface area contributed by atoms with Gasteiger partial charge >= 0.3 is 5.97 Å². The van der Waals surface area contributed by atoms with Gasteiger partial charge in [-0.05, 0) is 26.0 Å². The molecule has 1 heterocycles. The van der Waals surface area contributed by atoms with Gasteiger partial charge in [0.2, 0.25) is 0 Å². The third kappa shape index (κ3) is 2.74. The summed E-state index contributed by atoms with van der Waals surface area (Å²) in [5, 5.41) is 16.1. The maximum Gasteiger partial charge on any atom is 0.337 e. The maximum absolute atomic E-state index is 11.2. The fourth-order valence-electron chi connectivity index (χ4n) is 1.92. The van der Waals surface area contributed by atoms with E-state index in [1.165, 1.54) is 13.2 Å². The second-order valence-electron chi connectivity index (χ2n) is 4.37. The number of aromatic nitrogens is 1. The average molecular weight is 276 g/mol. The van der Waals surface area contributed by atoms with Crippen LogP contribution in [0.25, 0.3) is 0 Å². The molecule has 0 aliphatic heterocycles. The van der Waals surface area contributed by atoms with E-state index in [1.807, 2.05) is 13.8 Å². The van der Waals surface area contributed by atoms with Crippen LogP contribution in [0.15, 0.2) is 22.7 Å². The first-order valence-corrected chi connectivity index (χ1v) is 6.10. The fraction of sp³-hybridized carbons (Fsp3) is 0.286. The fourth-order valence-corrected chi connectivity index (χ4v) is 1.92. The van der Waals surface area contributed by atoms with E-state index < -0.39 is 5.97 Å². The van der Waals surface area contributed by atoms with Gasteiger partial charge in [-0.25, -0.2) is 4.79 Å². The smallest absolute Gasteiger partial charge is 0.337 e. The van der Waals surface area contributed by atoms with Crippen LogP contribution in [0.1, 0.15) is 27.4 Å². The molecule has 0 aliphatic rings. The van der Waals surface area contributed by atoms with Crippen LogP contribution in [0.2, 0.25) is 0 Å². The molecule has 0 atom stereocenters. The molecular formula is C14H16N2O4. The Hall–Kier alpha value is -2.50. The van der Waals surface area contributed by atoms with Crippen LogP contribution < -0.4 is 10.1 Å². The maximum atomic E-state index is 11.2. The summed E-state index contributed by atoms with van der Waals surface area (Å²) in [6.07, 6.45) is 0. The number of hydrogen-bond donors (Lipinski definition) is 2. The van der Waals surface area contributed by atoms with E-state index in [-0.39, 0.29) is 5.56 Å². The number of ether oxygens (including phenoxy) is 1. The normalized spacial score (nSPS) is 10.3. The first kappa shape index (κ1) is 13.9. The minimum Gasteiger partial charge on any atom is -0.497 e. The Labute approximate surface area is 116 Å². The Kier molecular flexibility index (Phi) is 3.93. The van der Waals surface area contributed by atoms with Crippen LogP contribution in [0, 0.1) is 13.8 Å². The highest BCUT2D eigenvalue weighted by molar-refractivity contribution is 5.94. The third-order valence-electron chi connectivity index (χ3n) is 3.09. The molecule has 0 saturated heterocycles. The number of nitrogens with one attached hydrogen (secondary N) is 1. The van der Waals surface area contributed by atoms with Crippen LogP contribution in [-0.2, 0) is 6.54 Å². The lowest BCUT2D eigenvalue weighted by atomic mass is 10.1. The summed E-state index contributed by atoms with van der Waals surface area (Å²) in [6, 6.07) is 4.78. The number of nitrogens with zero attached hydrogens (tertiary/aromatic N) is 1. The summed E-state index contributed by atoms with van der Waals surface area (Å²) in [7, 11) is 1.54. The van der Waals surface area contributed by atoms with Crippen molar-refractivity contribution in [3.8, 4) is 5.75 Å². The van der Waals surface area contributed by atoms with E-state index in [4.69, 9.17) is 9.26 Å². The Balaban J connectivity index is 2.26. The highest BCUT2D eigenvalue weighted by Crippen LogP contribution is 2.24. The van der Waals surface area contributed by atoms with Gasteiger partial charge in [0, 0.05) is 18.2 Å². The van der Waals surface area contributed by atoms with Gasteiger partial charge in [0.15, 0.2) is 0 Å². The number of anilines is 1. The summed E-state index contributed by atoms with van der Waals surface area (Å²) in [6.45, 7) is 4.10. The van der Waals surface area contributed by atoms with E-state index in [0.29, 0.717) is 18.0 Å². The molecule has 0 saturated carbocycles. The lowest BCUT2D eigenvalue weighted by Gasteiger charge is -2.11. The van der Waals surface area contributed by atoms with Gasteiger partial charge in [0.25, 0.3) is 0 Å². The van der Waals surface area contributed by atoms with Gasteiger partial charge < -0.3 is 19.7 Å². The summed E-state index contributed by atoms with van der Waals surface area (Å²) in [5.41, 5.74) is 2.40. The van der Waals surface area contributed by atoms with Crippen molar-refractivity contribution in [2.45, 2.75) is 20.4 Å². The molecule has 6 nitrogen and oxygen atoms in total. The molecule has 6 heteroatoms. The molecule has 106 valence electrons. The van der Waals surface area contributed by atoms with E-state index in [0.717, 1.165) is 17.0 Å². The van der Waals surface area contributed by atoms with Crippen LogP contribution in [-0.4, -0.2) is 23.3 Å². The topological polar surface area (TPSA) is 84.6 Å². The monoisotopic (exact) mass is 276 g/mol. The standard InChI is InChI=1S/C14H16N2O4/c1-8-12(9(2)20-16-8)7-15-13-6-10(19-3)4-5-11(13)14(17)18/h4-6,15H,7H2,1-3H3,(H,17,18). The number of carboxylic acids is 1. The van der Waals surface area contributed by atoms with E-state index in [2.05, 4.69) is 10.5 Å². The third-order valence-corrected chi connectivity index (χ3v) is 3.09. The van der Waals surface area contributed by atoms with E-state index >= 15 is 0 Å². The van der Waals surface area contributed by atoms with Crippen molar-refractivity contribution in [1.29, 1.82) is 0 Å². The molecule has 20 heavy (non-hydrogen) atoms. The predicted molar refractivity (Wildman–Crippen MR) is 73.3 cm³/mol. The molecule has 0 bridgehead atoms. The average Bonchev–Trinajstić information content (AvgIpc) is 2.75. The van der Waals surface area contributed by atoms with E-state index in [1.54, 1.807) is 12.1 Å². The van der Waals surface area contributed by atoms with Gasteiger partial charge in [0.05, 0.1) is 24.1 Å². The van der Waals surface area contributed by atoms with Crippen molar-refractivity contribution in [2.24, 2.45) is 0 Å². The number of carbonyl (C=O) groups is 1. The Morgan fingerprint density at radius 2 is 2.20 bits per heavy atom. The molecular weight excluding hydrogens is 260 g/mol. The van der Waals surface area contributed by atoms with Gasteiger partial charge in [-0.1, -0.05) is 5.16 Å². The van der Waals surface area contributed by atoms with Gasteiger partial charge in [-0.3, -0.25) is 0 Å². The Morgan fingerprint density at radius 1 is 1.45 bits per heavy atom. The minimum atomic E-state index is -0.992. The summed E-state index contributed by atoms with van der Waals surface area (Å²) >= 11 is 0. The van der Waals surface area contributed by atoms with Crippen LogP contribution in [0.4, 0.5) is 5.69 Å². The second-order valence-corrected chi connectivity index (χ2v) is 4.37. The Morgan fingerprint density at radius 3 is 2.75 bits per heavy atom. The minimum absolute atomic E-state index is 0.192.